The van der Waals surface area contributed by atoms with E-state index in [1.165, 1.54) is 4.90 Å². The van der Waals surface area contributed by atoms with Crippen LogP contribution in [0.5, 0.6) is 5.75 Å². The highest BCUT2D eigenvalue weighted by Gasteiger charge is 2.16. The average Bonchev–Trinajstić information content (AvgIpc) is 2.48. The topological polar surface area (TPSA) is 92.9 Å². The van der Waals surface area contributed by atoms with Gasteiger partial charge in [0.25, 0.3) is 0 Å². The van der Waals surface area contributed by atoms with Crippen molar-refractivity contribution in [3.8, 4) is 5.75 Å². The van der Waals surface area contributed by atoms with Crippen LogP contribution < -0.4 is 15.4 Å². The first kappa shape index (κ1) is 15.4. The Balaban J connectivity index is 2.07. The summed E-state index contributed by atoms with van der Waals surface area (Å²) in [6.45, 7) is -0.487. The highest BCUT2D eigenvalue weighted by Crippen LogP contribution is 2.17. The third-order valence-electron chi connectivity index (χ3n) is 2.88. The second-order valence-electron chi connectivity index (χ2n) is 4.63. The Morgan fingerprint density at radius 3 is 2.23 bits per heavy atom. The molecule has 0 saturated heterocycles. The van der Waals surface area contributed by atoms with Gasteiger partial charge in [0.2, 0.25) is 0 Å². The predicted molar refractivity (Wildman–Crippen MR) is 82.8 cm³/mol. The van der Waals surface area contributed by atoms with Crippen molar-refractivity contribution >= 4 is 23.3 Å². The van der Waals surface area contributed by atoms with Gasteiger partial charge in [0.15, 0.2) is 0 Å². The lowest BCUT2D eigenvalue weighted by atomic mass is 10.2. The lowest BCUT2D eigenvalue weighted by Gasteiger charge is -2.21. The number of aliphatic carboxylic acids is 1. The van der Waals surface area contributed by atoms with Crippen LogP contribution in [0.3, 0.4) is 0 Å². The molecule has 0 bridgehead atoms. The monoisotopic (exact) mass is 300 g/mol. The molecule has 2 rings (SSSR count). The lowest BCUT2D eigenvalue weighted by Crippen LogP contribution is -2.36. The van der Waals surface area contributed by atoms with Crippen molar-refractivity contribution in [1.82, 2.24) is 0 Å². The van der Waals surface area contributed by atoms with Crippen LogP contribution >= 0.6 is 0 Å². The van der Waals surface area contributed by atoms with Gasteiger partial charge >= 0.3 is 11.9 Å². The molecule has 3 N–H and O–H groups in total. The van der Waals surface area contributed by atoms with Crippen LogP contribution in [-0.2, 0) is 9.59 Å². The molecule has 0 aliphatic heterocycles. The van der Waals surface area contributed by atoms with E-state index < -0.39 is 11.9 Å². The van der Waals surface area contributed by atoms with E-state index in [9.17, 15) is 9.59 Å². The molecule has 0 spiro atoms. The Labute approximate surface area is 127 Å². The molecule has 0 radical (unpaired) electrons. The summed E-state index contributed by atoms with van der Waals surface area (Å²) in [5.74, 6) is -1.16. The van der Waals surface area contributed by atoms with Gasteiger partial charge in [-0.05, 0) is 36.4 Å². The summed E-state index contributed by atoms with van der Waals surface area (Å²) in [5.41, 5.74) is 6.75. The first-order chi connectivity index (χ1) is 10.5. The number of para-hydroxylation sites is 1. The summed E-state index contributed by atoms with van der Waals surface area (Å²) in [6, 6.07) is 15.2. The van der Waals surface area contributed by atoms with Gasteiger partial charge in [0.1, 0.15) is 18.8 Å². The van der Waals surface area contributed by atoms with Gasteiger partial charge in [0, 0.05) is 11.4 Å². The summed E-state index contributed by atoms with van der Waals surface area (Å²) in [5, 5.41) is 8.98. The summed E-state index contributed by atoms with van der Waals surface area (Å²) >= 11 is 0. The third kappa shape index (κ3) is 4.52. The largest absolute Gasteiger partial charge is 0.480 e. The normalized spacial score (nSPS) is 10.0. The molecule has 0 unspecified atom stereocenters. The number of esters is 1. The summed E-state index contributed by atoms with van der Waals surface area (Å²) in [4.78, 5) is 24.3. The van der Waals surface area contributed by atoms with Crippen molar-refractivity contribution in [2.45, 2.75) is 0 Å². The first-order valence-electron chi connectivity index (χ1n) is 6.62. The zero-order valence-corrected chi connectivity index (χ0v) is 11.8. The molecule has 0 aliphatic rings. The molecule has 0 atom stereocenters. The van der Waals surface area contributed by atoms with Gasteiger partial charge in [0.05, 0.1) is 0 Å². The van der Waals surface area contributed by atoms with Crippen molar-refractivity contribution < 1.29 is 19.4 Å². The number of hydrogen-bond acceptors (Lipinski definition) is 5. The molecule has 2 aromatic rings. The second kappa shape index (κ2) is 7.12. The number of carbonyl (C=O) groups is 2. The predicted octanol–water partition coefficient (Wildman–Crippen LogP) is 1.77. The Morgan fingerprint density at radius 1 is 1.00 bits per heavy atom. The molecular formula is C16H16N2O4. The van der Waals surface area contributed by atoms with Crippen molar-refractivity contribution in [2.24, 2.45) is 0 Å². The number of ether oxygens (including phenoxy) is 1. The van der Waals surface area contributed by atoms with Crippen LogP contribution in [0.25, 0.3) is 0 Å². The van der Waals surface area contributed by atoms with E-state index in [0.717, 1.165) is 0 Å². The maximum atomic E-state index is 12.0. The molecule has 0 fully saturated rings. The summed E-state index contributed by atoms with van der Waals surface area (Å²) < 4.78 is 5.17. The number of carbonyl (C=O) groups excluding carboxylic acids is 1. The number of anilines is 2. The van der Waals surface area contributed by atoms with E-state index in [0.29, 0.717) is 17.1 Å². The minimum atomic E-state index is -1.04. The number of rotatable bonds is 6. The number of hydrogen-bond donors (Lipinski definition) is 2. The fourth-order valence-corrected chi connectivity index (χ4v) is 1.89. The molecule has 0 amide bonds. The zero-order chi connectivity index (χ0) is 15.9. The van der Waals surface area contributed by atoms with Crippen LogP contribution in [0.4, 0.5) is 11.4 Å². The zero-order valence-electron chi connectivity index (χ0n) is 11.8. The van der Waals surface area contributed by atoms with Gasteiger partial charge in [-0.25, -0.2) is 4.79 Å². The minimum absolute atomic E-state index is 0.175. The molecule has 6 nitrogen and oxygen atoms in total. The molecule has 0 aromatic heterocycles. The number of nitrogens with two attached hydrogens (primary N) is 1. The highest BCUT2D eigenvalue weighted by atomic mass is 16.5. The fraction of sp³-hybridized carbons (Fsp3) is 0.125. The number of nitrogen functional groups attached to an aromatic ring is 1. The SMILES string of the molecule is Nc1ccc(N(CC(=O)O)CC(=O)Oc2ccccc2)cc1. The van der Waals surface area contributed by atoms with Crippen LogP contribution in [0.15, 0.2) is 54.6 Å². The Hall–Kier alpha value is -3.02. The standard InChI is InChI=1S/C16H16N2O4/c17-12-6-8-13(9-7-12)18(10-15(19)20)11-16(21)22-14-4-2-1-3-5-14/h1-9H,10-11,17H2,(H,19,20). The number of benzene rings is 2. The molecule has 22 heavy (non-hydrogen) atoms. The molecule has 0 aliphatic carbocycles. The summed E-state index contributed by atoms with van der Waals surface area (Å²) in [7, 11) is 0. The van der Waals surface area contributed by atoms with E-state index in [1.54, 1.807) is 48.5 Å². The second-order valence-corrected chi connectivity index (χ2v) is 4.63. The average molecular weight is 300 g/mol. The number of nitrogens with zero attached hydrogens (tertiary/aromatic N) is 1. The van der Waals surface area contributed by atoms with E-state index in [4.69, 9.17) is 15.6 Å². The number of carboxylic acid groups (broad SMARTS) is 1. The highest BCUT2D eigenvalue weighted by molar-refractivity contribution is 5.82. The Morgan fingerprint density at radius 2 is 1.64 bits per heavy atom. The van der Waals surface area contributed by atoms with Crippen LogP contribution in [-0.4, -0.2) is 30.1 Å². The molecule has 0 saturated carbocycles. The first-order valence-corrected chi connectivity index (χ1v) is 6.62. The van der Waals surface area contributed by atoms with Crippen molar-refractivity contribution in [3.63, 3.8) is 0 Å². The lowest BCUT2D eigenvalue weighted by molar-refractivity contribution is -0.135. The maximum absolute atomic E-state index is 12.0. The fourth-order valence-electron chi connectivity index (χ4n) is 1.89. The van der Waals surface area contributed by atoms with E-state index in [-0.39, 0.29) is 13.1 Å². The Kier molecular flexibility index (Phi) is 4.98. The van der Waals surface area contributed by atoms with Crippen LogP contribution in [0, 0.1) is 0 Å². The van der Waals surface area contributed by atoms with Gasteiger partial charge in [-0.3, -0.25) is 4.79 Å². The Bertz CT molecular complexity index is 641. The molecular weight excluding hydrogens is 284 g/mol. The quantitative estimate of drug-likeness (QED) is 0.480. The van der Waals surface area contributed by atoms with E-state index >= 15 is 0 Å². The van der Waals surface area contributed by atoms with Crippen molar-refractivity contribution in [2.75, 3.05) is 23.7 Å². The van der Waals surface area contributed by atoms with E-state index in [2.05, 4.69) is 0 Å². The summed E-state index contributed by atoms with van der Waals surface area (Å²) in [6.07, 6.45) is 0. The third-order valence-corrected chi connectivity index (χ3v) is 2.88. The maximum Gasteiger partial charge on any atom is 0.330 e. The molecule has 6 heteroatoms. The van der Waals surface area contributed by atoms with Gasteiger partial charge in [-0.1, -0.05) is 18.2 Å². The molecule has 2 aromatic carbocycles. The molecule has 114 valence electrons. The van der Waals surface area contributed by atoms with Crippen LogP contribution in [0.2, 0.25) is 0 Å². The number of carboxylic acids is 1. The minimum Gasteiger partial charge on any atom is -0.480 e. The van der Waals surface area contributed by atoms with Crippen LogP contribution in [0.1, 0.15) is 0 Å². The van der Waals surface area contributed by atoms with Gasteiger partial charge < -0.3 is 20.5 Å². The van der Waals surface area contributed by atoms with Gasteiger partial charge in [-0.2, -0.15) is 0 Å². The van der Waals surface area contributed by atoms with E-state index in [1.807, 2.05) is 6.07 Å². The molecule has 0 heterocycles. The smallest absolute Gasteiger partial charge is 0.330 e. The van der Waals surface area contributed by atoms with Crippen molar-refractivity contribution in [1.29, 1.82) is 0 Å². The van der Waals surface area contributed by atoms with Gasteiger partial charge in [-0.15, -0.1) is 0 Å². The van der Waals surface area contributed by atoms with Crippen molar-refractivity contribution in [3.05, 3.63) is 54.6 Å².